The van der Waals surface area contributed by atoms with Crippen molar-refractivity contribution in [2.45, 2.75) is 32.1 Å². The van der Waals surface area contributed by atoms with Gasteiger partial charge >= 0.3 is 5.97 Å². The van der Waals surface area contributed by atoms with Crippen molar-refractivity contribution < 1.29 is 14.6 Å². The first-order valence-electron chi connectivity index (χ1n) is 8.46. The maximum absolute atomic E-state index is 12.9. The topological polar surface area (TPSA) is 94.3 Å². The van der Waals surface area contributed by atoms with Gasteiger partial charge in [0.25, 0.3) is 5.56 Å². The van der Waals surface area contributed by atoms with Crippen molar-refractivity contribution in [2.24, 2.45) is 0 Å². The summed E-state index contributed by atoms with van der Waals surface area (Å²) >= 11 is 3.46. The lowest BCUT2D eigenvalue weighted by molar-refractivity contribution is -0.173. The zero-order valence-corrected chi connectivity index (χ0v) is 16.1. The highest BCUT2D eigenvalue weighted by atomic mass is 79.9. The van der Waals surface area contributed by atoms with E-state index in [1.807, 2.05) is 30.3 Å². The van der Waals surface area contributed by atoms with Crippen molar-refractivity contribution >= 4 is 32.8 Å². The summed E-state index contributed by atoms with van der Waals surface area (Å²) in [7, 11) is 0. The van der Waals surface area contributed by atoms with Gasteiger partial charge in [-0.25, -0.2) is 14.8 Å². The first-order valence-corrected chi connectivity index (χ1v) is 9.26. The molecule has 3 heterocycles. The van der Waals surface area contributed by atoms with Crippen LogP contribution in [0.2, 0.25) is 0 Å². The Hall–Kier alpha value is -2.58. The number of benzene rings is 1. The second-order valence-electron chi connectivity index (χ2n) is 6.43. The number of fused-ring (bicyclic) bond motifs is 2. The van der Waals surface area contributed by atoms with Gasteiger partial charge in [-0.2, -0.15) is 0 Å². The fourth-order valence-electron chi connectivity index (χ4n) is 3.23. The lowest BCUT2D eigenvalue weighted by atomic mass is 9.91. The van der Waals surface area contributed by atoms with Gasteiger partial charge in [0.15, 0.2) is 0 Å². The van der Waals surface area contributed by atoms with E-state index in [4.69, 9.17) is 4.74 Å². The lowest BCUT2D eigenvalue weighted by Crippen LogP contribution is -2.45. The third kappa shape index (κ3) is 2.85. The van der Waals surface area contributed by atoms with E-state index >= 15 is 0 Å². The number of carbonyl (C=O) groups excluding carboxylic acids is 1. The van der Waals surface area contributed by atoms with Crippen molar-refractivity contribution in [1.82, 2.24) is 14.5 Å². The molecule has 0 aliphatic carbocycles. The van der Waals surface area contributed by atoms with E-state index in [2.05, 4.69) is 25.9 Å². The number of rotatable bonds is 3. The van der Waals surface area contributed by atoms with Gasteiger partial charge < -0.3 is 9.84 Å². The van der Waals surface area contributed by atoms with Crippen LogP contribution >= 0.6 is 15.9 Å². The number of pyridine rings is 1. The van der Waals surface area contributed by atoms with Gasteiger partial charge in [-0.3, -0.25) is 9.36 Å². The molecule has 0 fully saturated rings. The third-order valence-electron chi connectivity index (χ3n) is 4.81. The zero-order chi connectivity index (χ0) is 19.2. The number of aliphatic hydroxyl groups is 1. The molecule has 1 aliphatic heterocycles. The summed E-state index contributed by atoms with van der Waals surface area (Å²) in [5.74, 6) is -0.774. The van der Waals surface area contributed by atoms with Crippen LogP contribution in [0.4, 0.5) is 0 Å². The number of cyclic esters (lactones) is 1. The van der Waals surface area contributed by atoms with Crippen LogP contribution in [0.3, 0.4) is 0 Å². The highest BCUT2D eigenvalue weighted by Gasteiger charge is 2.45. The SMILES string of the molecule is CC[C@@]1(O)C(=O)OCc2c1ncn(Cc1cc3ccccc3nc1Br)c2=O. The molecule has 1 N–H and O–H groups in total. The molecule has 0 saturated carbocycles. The quantitative estimate of drug-likeness (QED) is 0.506. The van der Waals surface area contributed by atoms with E-state index in [0.29, 0.717) is 4.60 Å². The summed E-state index contributed by atoms with van der Waals surface area (Å²) in [5, 5.41) is 11.5. The highest BCUT2D eigenvalue weighted by molar-refractivity contribution is 9.10. The smallest absolute Gasteiger partial charge is 0.344 e. The number of hydrogen-bond acceptors (Lipinski definition) is 6. The third-order valence-corrected chi connectivity index (χ3v) is 5.50. The normalized spacial score (nSPS) is 19.0. The standard InChI is InChI=1S/C19H16BrN3O4/c1-2-19(26)15-13(9-27-18(19)25)17(24)23(10-21-15)8-12-7-11-5-3-4-6-14(11)22-16(12)20/h3-7,10,26H,2,8-9H2,1H3/t19-/m0/s1. The van der Waals surface area contributed by atoms with Crippen LogP contribution in [0.5, 0.6) is 0 Å². The molecular formula is C19H16BrN3O4. The Balaban J connectivity index is 1.78. The van der Waals surface area contributed by atoms with Crippen LogP contribution < -0.4 is 5.56 Å². The molecule has 1 aromatic carbocycles. The van der Waals surface area contributed by atoms with E-state index in [1.165, 1.54) is 10.9 Å². The molecule has 1 aliphatic rings. The minimum atomic E-state index is -1.88. The Morgan fingerprint density at radius 2 is 2.11 bits per heavy atom. The number of ether oxygens (including phenoxy) is 1. The predicted octanol–water partition coefficient (Wildman–Crippen LogP) is 2.26. The zero-order valence-electron chi connectivity index (χ0n) is 14.5. The summed E-state index contributed by atoms with van der Waals surface area (Å²) in [6, 6.07) is 9.66. The molecule has 4 rings (SSSR count). The first-order chi connectivity index (χ1) is 12.9. The van der Waals surface area contributed by atoms with Crippen molar-refractivity contribution in [2.75, 3.05) is 0 Å². The van der Waals surface area contributed by atoms with Gasteiger partial charge in [0, 0.05) is 10.9 Å². The average Bonchev–Trinajstić information content (AvgIpc) is 2.67. The van der Waals surface area contributed by atoms with E-state index in [9.17, 15) is 14.7 Å². The molecule has 0 bridgehead atoms. The minimum absolute atomic E-state index is 0.0788. The molecule has 0 unspecified atom stereocenters. The number of nitrogens with zero attached hydrogens (tertiary/aromatic N) is 3. The molecule has 138 valence electrons. The predicted molar refractivity (Wildman–Crippen MR) is 101 cm³/mol. The molecule has 8 heteroatoms. The van der Waals surface area contributed by atoms with Crippen LogP contribution in [-0.4, -0.2) is 25.6 Å². The lowest BCUT2D eigenvalue weighted by Gasteiger charge is -2.30. The monoisotopic (exact) mass is 429 g/mol. The summed E-state index contributed by atoms with van der Waals surface area (Å²) in [6.07, 6.45) is 1.43. The van der Waals surface area contributed by atoms with Crippen LogP contribution in [0.1, 0.15) is 30.2 Å². The Morgan fingerprint density at radius 1 is 1.33 bits per heavy atom. The number of hydrogen-bond donors (Lipinski definition) is 1. The molecule has 0 saturated heterocycles. The fraction of sp³-hybridized carbons (Fsp3) is 0.263. The molecule has 1 atom stereocenters. The fourth-order valence-corrected chi connectivity index (χ4v) is 3.66. The van der Waals surface area contributed by atoms with E-state index < -0.39 is 11.6 Å². The Bertz CT molecular complexity index is 1130. The van der Waals surface area contributed by atoms with Gasteiger partial charge in [0.05, 0.1) is 29.6 Å². The number of esters is 1. The molecule has 0 spiro atoms. The minimum Gasteiger partial charge on any atom is -0.458 e. The van der Waals surface area contributed by atoms with E-state index in [0.717, 1.165) is 16.5 Å². The van der Waals surface area contributed by atoms with E-state index in [1.54, 1.807) is 6.92 Å². The number of aromatic nitrogens is 3. The maximum atomic E-state index is 12.9. The van der Waals surface area contributed by atoms with Gasteiger partial charge in [-0.1, -0.05) is 25.1 Å². The van der Waals surface area contributed by atoms with Crippen LogP contribution in [0.15, 0.2) is 46.1 Å². The van der Waals surface area contributed by atoms with Crippen molar-refractivity contribution in [3.05, 3.63) is 68.4 Å². The Labute approximate surface area is 162 Å². The van der Waals surface area contributed by atoms with Crippen LogP contribution in [-0.2, 0) is 28.3 Å². The van der Waals surface area contributed by atoms with Gasteiger partial charge in [-0.15, -0.1) is 0 Å². The Kier molecular flexibility index (Phi) is 4.32. The average molecular weight is 430 g/mol. The van der Waals surface area contributed by atoms with E-state index in [-0.39, 0.29) is 36.4 Å². The van der Waals surface area contributed by atoms with Crippen LogP contribution in [0.25, 0.3) is 10.9 Å². The summed E-state index contributed by atoms with van der Waals surface area (Å²) in [4.78, 5) is 33.5. The second-order valence-corrected chi connectivity index (χ2v) is 7.18. The molecule has 0 amide bonds. The van der Waals surface area contributed by atoms with Gasteiger partial charge in [-0.05, 0) is 34.5 Å². The molecule has 2 aromatic heterocycles. The molecule has 27 heavy (non-hydrogen) atoms. The number of halogens is 1. The maximum Gasteiger partial charge on any atom is 0.344 e. The summed E-state index contributed by atoms with van der Waals surface area (Å²) in [6.45, 7) is 1.69. The van der Waals surface area contributed by atoms with Crippen LogP contribution in [0, 0.1) is 0 Å². The molecule has 7 nitrogen and oxygen atoms in total. The summed E-state index contributed by atoms with van der Waals surface area (Å²) in [5.41, 5.74) is -0.277. The highest BCUT2D eigenvalue weighted by Crippen LogP contribution is 2.31. The first kappa shape index (κ1) is 17.8. The largest absolute Gasteiger partial charge is 0.458 e. The van der Waals surface area contributed by atoms with Crippen molar-refractivity contribution in [1.29, 1.82) is 0 Å². The molecular weight excluding hydrogens is 414 g/mol. The molecule has 0 radical (unpaired) electrons. The second kappa shape index (κ2) is 6.54. The number of para-hydroxylation sites is 1. The van der Waals surface area contributed by atoms with Crippen molar-refractivity contribution in [3.63, 3.8) is 0 Å². The molecule has 3 aromatic rings. The van der Waals surface area contributed by atoms with Crippen molar-refractivity contribution in [3.8, 4) is 0 Å². The van der Waals surface area contributed by atoms with Gasteiger partial charge in [0.1, 0.15) is 11.2 Å². The van der Waals surface area contributed by atoms with Gasteiger partial charge in [0.2, 0.25) is 5.60 Å². The summed E-state index contributed by atoms with van der Waals surface area (Å²) < 4.78 is 7.08. The number of carbonyl (C=O) groups is 1. The Morgan fingerprint density at radius 3 is 2.89 bits per heavy atom.